The minimum Gasteiger partial charge on any atom is -0.458 e. The number of cyclic esters (lactones) is 1. The highest BCUT2D eigenvalue weighted by atomic mass is 16.6. The number of rotatable bonds is 4. The zero-order chi connectivity index (χ0) is 24.0. The van der Waals surface area contributed by atoms with E-state index in [4.69, 9.17) is 14.2 Å². The molecule has 182 valence electrons. The minimum absolute atomic E-state index is 0.111. The minimum atomic E-state index is -0.614. The maximum Gasteiger partial charge on any atom is 0.334 e. The summed E-state index contributed by atoms with van der Waals surface area (Å²) in [6.45, 7) is 10.8. The number of ether oxygens (including phenoxy) is 3. The highest BCUT2D eigenvalue weighted by Gasteiger charge is 2.60. The van der Waals surface area contributed by atoms with Crippen LogP contribution in [0.4, 0.5) is 0 Å². The lowest BCUT2D eigenvalue weighted by Gasteiger charge is -2.61. The number of hydrogen-bond acceptors (Lipinski definition) is 6. The molecule has 0 bridgehead atoms. The first-order valence-electron chi connectivity index (χ1n) is 12.4. The predicted molar refractivity (Wildman–Crippen MR) is 123 cm³/mol. The van der Waals surface area contributed by atoms with E-state index in [0.29, 0.717) is 41.2 Å². The quantitative estimate of drug-likeness (QED) is 0.333. The van der Waals surface area contributed by atoms with Gasteiger partial charge < -0.3 is 14.2 Å². The maximum atomic E-state index is 13.2. The Morgan fingerprint density at radius 1 is 1.15 bits per heavy atom. The van der Waals surface area contributed by atoms with Gasteiger partial charge in [0.2, 0.25) is 0 Å². The van der Waals surface area contributed by atoms with Crippen LogP contribution >= 0.6 is 0 Å². The van der Waals surface area contributed by atoms with E-state index in [0.717, 1.165) is 19.3 Å². The summed E-state index contributed by atoms with van der Waals surface area (Å²) in [4.78, 5) is 36.3. The van der Waals surface area contributed by atoms with Gasteiger partial charge in [0.05, 0.1) is 0 Å². The molecule has 4 aliphatic rings. The van der Waals surface area contributed by atoms with Gasteiger partial charge in [-0.3, -0.25) is 4.79 Å². The molecule has 1 unspecified atom stereocenters. The lowest BCUT2D eigenvalue weighted by atomic mass is 9.45. The first kappa shape index (κ1) is 24.0. The molecule has 2 aliphatic carbocycles. The fourth-order valence-electron chi connectivity index (χ4n) is 7.53. The van der Waals surface area contributed by atoms with Gasteiger partial charge in [-0.1, -0.05) is 33.3 Å². The van der Waals surface area contributed by atoms with Crippen LogP contribution in [0.25, 0.3) is 0 Å². The Hall–Kier alpha value is -2.11. The van der Waals surface area contributed by atoms with Crippen molar-refractivity contribution in [2.75, 3.05) is 6.61 Å². The molecule has 1 saturated heterocycles. The van der Waals surface area contributed by atoms with Crippen LogP contribution in [-0.2, 0) is 28.6 Å². The van der Waals surface area contributed by atoms with Gasteiger partial charge in [-0.2, -0.15) is 0 Å². The molecule has 0 aromatic rings. The molecular weight excluding hydrogens is 420 g/mol. The fraction of sp³-hybridized carbons (Fsp3) is 0.741. The monoisotopic (exact) mass is 458 g/mol. The molecule has 6 heteroatoms. The van der Waals surface area contributed by atoms with Crippen LogP contribution in [0.5, 0.6) is 0 Å². The summed E-state index contributed by atoms with van der Waals surface area (Å²) in [7, 11) is 0. The van der Waals surface area contributed by atoms with Gasteiger partial charge in [0.25, 0.3) is 0 Å². The summed E-state index contributed by atoms with van der Waals surface area (Å²) >= 11 is 0. The normalized spacial score (nSPS) is 37.7. The smallest absolute Gasteiger partial charge is 0.334 e. The Morgan fingerprint density at radius 2 is 1.91 bits per heavy atom. The Kier molecular flexibility index (Phi) is 6.25. The highest BCUT2D eigenvalue weighted by molar-refractivity contribution is 5.89. The molecule has 0 amide bonds. The van der Waals surface area contributed by atoms with Crippen molar-refractivity contribution in [1.29, 1.82) is 0 Å². The second-order valence-corrected chi connectivity index (χ2v) is 11.6. The van der Waals surface area contributed by atoms with E-state index in [9.17, 15) is 14.4 Å². The summed E-state index contributed by atoms with van der Waals surface area (Å²) in [6.07, 6.45) is 10.2. The molecule has 0 aromatic carbocycles. The van der Waals surface area contributed by atoms with Gasteiger partial charge in [-0.05, 0) is 62.2 Å². The Balaban J connectivity index is 1.56. The van der Waals surface area contributed by atoms with E-state index in [1.165, 1.54) is 32.3 Å². The zero-order valence-corrected chi connectivity index (χ0v) is 20.7. The van der Waals surface area contributed by atoms with E-state index in [1.807, 2.05) is 6.08 Å². The van der Waals surface area contributed by atoms with Crippen molar-refractivity contribution in [3.8, 4) is 0 Å². The van der Waals surface area contributed by atoms with E-state index < -0.39 is 23.6 Å². The van der Waals surface area contributed by atoms with Crippen LogP contribution in [0.15, 0.2) is 23.3 Å². The van der Waals surface area contributed by atoms with E-state index in [-0.39, 0.29) is 18.0 Å². The first-order valence-corrected chi connectivity index (χ1v) is 12.4. The molecule has 3 fully saturated rings. The molecule has 0 radical (unpaired) electrons. The van der Waals surface area contributed by atoms with Gasteiger partial charge in [0.15, 0.2) is 0 Å². The molecule has 33 heavy (non-hydrogen) atoms. The largest absolute Gasteiger partial charge is 0.458 e. The van der Waals surface area contributed by atoms with Crippen molar-refractivity contribution in [2.45, 2.75) is 97.7 Å². The van der Waals surface area contributed by atoms with Crippen molar-refractivity contribution in [1.82, 2.24) is 0 Å². The van der Waals surface area contributed by atoms with Crippen molar-refractivity contribution in [2.24, 2.45) is 22.7 Å². The molecule has 0 aromatic heterocycles. The van der Waals surface area contributed by atoms with Crippen LogP contribution in [0.1, 0.15) is 86.0 Å². The van der Waals surface area contributed by atoms with Gasteiger partial charge >= 0.3 is 17.9 Å². The lowest BCUT2D eigenvalue weighted by Crippen LogP contribution is -2.58. The van der Waals surface area contributed by atoms with Gasteiger partial charge in [-0.15, -0.1) is 0 Å². The van der Waals surface area contributed by atoms with Gasteiger partial charge in [0, 0.05) is 36.5 Å². The summed E-state index contributed by atoms with van der Waals surface area (Å²) in [5.74, 6) is -0.156. The van der Waals surface area contributed by atoms with Crippen LogP contribution in [-0.4, -0.2) is 36.2 Å². The third kappa shape index (κ3) is 4.50. The van der Waals surface area contributed by atoms with Crippen LogP contribution < -0.4 is 0 Å². The predicted octanol–water partition coefficient (Wildman–Crippen LogP) is 5.06. The zero-order valence-electron chi connectivity index (χ0n) is 20.7. The Morgan fingerprint density at radius 3 is 2.58 bits per heavy atom. The van der Waals surface area contributed by atoms with E-state index in [2.05, 4.69) is 27.7 Å². The Bertz CT molecular complexity index is 898. The molecule has 2 aliphatic heterocycles. The maximum absolute atomic E-state index is 13.2. The SMILES string of the molecule is CC(=O)OC(C/C=C1/CC[C@@H]2[C@@]3(C)CCCC(C)(C)[C@@H]3CC[C@@]2(C)OC1=O)C1=CC(=O)OC1. The second-order valence-electron chi connectivity index (χ2n) is 11.6. The molecule has 2 saturated carbocycles. The topological polar surface area (TPSA) is 78.9 Å². The molecule has 5 atom stereocenters. The fourth-order valence-corrected chi connectivity index (χ4v) is 7.53. The van der Waals surface area contributed by atoms with Crippen LogP contribution in [0.3, 0.4) is 0 Å². The molecule has 0 spiro atoms. The van der Waals surface area contributed by atoms with Gasteiger partial charge in [0.1, 0.15) is 18.3 Å². The summed E-state index contributed by atoms with van der Waals surface area (Å²) in [5.41, 5.74) is 1.29. The number of fused-ring (bicyclic) bond motifs is 3. The average molecular weight is 459 g/mol. The highest BCUT2D eigenvalue weighted by Crippen LogP contribution is 2.64. The third-order valence-electron chi connectivity index (χ3n) is 9.01. The summed E-state index contributed by atoms with van der Waals surface area (Å²) < 4.78 is 16.7. The van der Waals surface area contributed by atoms with Crippen LogP contribution in [0.2, 0.25) is 0 Å². The number of esters is 3. The Labute approximate surface area is 197 Å². The molecule has 2 heterocycles. The molecule has 6 nitrogen and oxygen atoms in total. The van der Waals surface area contributed by atoms with E-state index in [1.54, 1.807) is 0 Å². The lowest BCUT2D eigenvalue weighted by molar-refractivity contribution is -0.193. The van der Waals surface area contributed by atoms with Crippen molar-refractivity contribution < 1.29 is 28.6 Å². The van der Waals surface area contributed by atoms with E-state index >= 15 is 0 Å². The summed E-state index contributed by atoms with van der Waals surface area (Å²) in [5, 5.41) is 0. The summed E-state index contributed by atoms with van der Waals surface area (Å²) in [6, 6.07) is 0. The molecular formula is C27H38O6. The molecule has 0 N–H and O–H groups in total. The molecule has 4 rings (SSSR count). The second kappa shape index (κ2) is 8.59. The van der Waals surface area contributed by atoms with Crippen molar-refractivity contribution in [3.63, 3.8) is 0 Å². The first-order chi connectivity index (χ1) is 15.4. The standard InChI is InChI=1S/C27H38O6/c1-17(28)32-20(19-15-23(29)31-16-19)9-7-18-8-10-22-26(4)13-6-12-25(2,3)21(26)11-14-27(22,5)33-24(18)30/h7,15,20-22H,6,8-14,16H2,1-5H3/b18-7-/t20?,21-,22+,26-,27+/m0/s1. The number of carbonyl (C=O) groups is 3. The number of hydrogen-bond donors (Lipinski definition) is 0. The average Bonchev–Trinajstić information content (AvgIpc) is 3.07. The van der Waals surface area contributed by atoms with Crippen molar-refractivity contribution >= 4 is 17.9 Å². The van der Waals surface area contributed by atoms with Crippen LogP contribution in [0, 0.1) is 22.7 Å². The number of carbonyl (C=O) groups excluding carboxylic acids is 3. The van der Waals surface area contributed by atoms with Gasteiger partial charge in [-0.25, -0.2) is 9.59 Å². The van der Waals surface area contributed by atoms with Crippen molar-refractivity contribution in [3.05, 3.63) is 23.3 Å². The third-order valence-corrected chi connectivity index (χ3v) is 9.01.